The number of piperidine rings is 1. The lowest BCUT2D eigenvalue weighted by Gasteiger charge is -2.32. The lowest BCUT2D eigenvalue weighted by molar-refractivity contribution is 0.0294. The van der Waals surface area contributed by atoms with Crippen LogP contribution in [0.25, 0.3) is 11.1 Å². The van der Waals surface area contributed by atoms with Gasteiger partial charge in [-0.2, -0.15) is 0 Å². The maximum absolute atomic E-state index is 6.13. The SMILES string of the molecule is c1ccc(-c2ccc(Cn3nnnc3N3CCCC(OCc4ccccn4)C3)cc2)cc1. The standard InChI is InChI=1S/C25H26N6O/c1-2-7-21(8-3-1)22-13-11-20(12-14-22)17-31-25(27-28-29-31)30-16-6-10-24(18-30)32-19-23-9-4-5-15-26-23/h1-5,7-9,11-15,24H,6,10,16-19H2. The third kappa shape index (κ3) is 4.84. The molecule has 1 unspecified atom stereocenters. The van der Waals surface area contributed by atoms with E-state index in [0.29, 0.717) is 13.2 Å². The van der Waals surface area contributed by atoms with Crippen molar-refractivity contribution in [3.05, 3.63) is 90.3 Å². The van der Waals surface area contributed by atoms with Crippen LogP contribution < -0.4 is 4.90 Å². The Balaban J connectivity index is 1.23. The summed E-state index contributed by atoms with van der Waals surface area (Å²) in [7, 11) is 0. The number of anilines is 1. The van der Waals surface area contributed by atoms with Gasteiger partial charge in [-0.15, -0.1) is 0 Å². The fraction of sp³-hybridized carbons (Fsp3) is 0.280. The van der Waals surface area contributed by atoms with Gasteiger partial charge in [-0.25, -0.2) is 4.68 Å². The summed E-state index contributed by atoms with van der Waals surface area (Å²) in [5.41, 5.74) is 4.54. The predicted molar refractivity (Wildman–Crippen MR) is 123 cm³/mol. The van der Waals surface area contributed by atoms with Crippen LogP contribution in [0.15, 0.2) is 79.0 Å². The molecule has 0 bridgehead atoms. The van der Waals surface area contributed by atoms with Crippen molar-refractivity contribution in [2.45, 2.75) is 32.1 Å². The molecule has 4 aromatic rings. The van der Waals surface area contributed by atoms with Crippen LogP contribution in [0.3, 0.4) is 0 Å². The normalized spacial score (nSPS) is 16.2. The van der Waals surface area contributed by atoms with Crippen LogP contribution in [-0.2, 0) is 17.9 Å². The van der Waals surface area contributed by atoms with Gasteiger partial charge in [0.05, 0.1) is 24.9 Å². The van der Waals surface area contributed by atoms with Crippen molar-refractivity contribution in [2.75, 3.05) is 18.0 Å². The largest absolute Gasteiger partial charge is 0.370 e. The monoisotopic (exact) mass is 426 g/mol. The van der Waals surface area contributed by atoms with Crippen LogP contribution in [0.2, 0.25) is 0 Å². The molecule has 5 rings (SSSR count). The van der Waals surface area contributed by atoms with E-state index in [1.807, 2.05) is 28.9 Å². The first-order chi connectivity index (χ1) is 15.8. The van der Waals surface area contributed by atoms with Gasteiger partial charge in [0, 0.05) is 19.3 Å². The highest BCUT2D eigenvalue weighted by atomic mass is 16.5. The summed E-state index contributed by atoms with van der Waals surface area (Å²) in [6.07, 6.45) is 4.02. The van der Waals surface area contributed by atoms with Gasteiger partial charge in [-0.1, -0.05) is 65.8 Å². The van der Waals surface area contributed by atoms with Gasteiger partial charge in [0.25, 0.3) is 0 Å². The van der Waals surface area contributed by atoms with Crippen LogP contribution in [0.5, 0.6) is 0 Å². The van der Waals surface area contributed by atoms with E-state index in [1.165, 1.54) is 11.1 Å². The molecule has 2 aromatic heterocycles. The molecule has 7 heteroatoms. The van der Waals surface area contributed by atoms with Gasteiger partial charge < -0.3 is 9.64 Å². The minimum Gasteiger partial charge on any atom is -0.370 e. The van der Waals surface area contributed by atoms with E-state index < -0.39 is 0 Å². The molecule has 162 valence electrons. The number of benzene rings is 2. The van der Waals surface area contributed by atoms with E-state index >= 15 is 0 Å². The Labute approximate surface area is 187 Å². The van der Waals surface area contributed by atoms with Gasteiger partial charge in [0.15, 0.2) is 0 Å². The highest BCUT2D eigenvalue weighted by Gasteiger charge is 2.24. The Morgan fingerprint density at radius 1 is 0.906 bits per heavy atom. The topological polar surface area (TPSA) is 69.0 Å². The fourth-order valence-corrected chi connectivity index (χ4v) is 4.08. The first-order valence-corrected chi connectivity index (χ1v) is 11.0. The van der Waals surface area contributed by atoms with E-state index in [0.717, 1.165) is 43.1 Å². The molecule has 0 aliphatic carbocycles. The van der Waals surface area contributed by atoms with Crippen molar-refractivity contribution >= 4 is 5.95 Å². The molecule has 1 saturated heterocycles. The number of hydrogen-bond acceptors (Lipinski definition) is 6. The zero-order chi connectivity index (χ0) is 21.6. The van der Waals surface area contributed by atoms with Crippen LogP contribution in [0.4, 0.5) is 5.95 Å². The third-order valence-corrected chi connectivity index (χ3v) is 5.76. The number of aromatic nitrogens is 5. The van der Waals surface area contributed by atoms with E-state index in [-0.39, 0.29) is 6.10 Å². The van der Waals surface area contributed by atoms with Crippen LogP contribution >= 0.6 is 0 Å². The average molecular weight is 427 g/mol. The maximum Gasteiger partial charge on any atom is 0.245 e. The molecule has 2 aromatic carbocycles. The predicted octanol–water partition coefficient (Wildman–Crippen LogP) is 3.97. The van der Waals surface area contributed by atoms with Crippen molar-refractivity contribution in [3.63, 3.8) is 0 Å². The van der Waals surface area contributed by atoms with E-state index in [4.69, 9.17) is 4.74 Å². The first-order valence-electron chi connectivity index (χ1n) is 11.0. The summed E-state index contributed by atoms with van der Waals surface area (Å²) in [6, 6.07) is 24.9. The lowest BCUT2D eigenvalue weighted by Crippen LogP contribution is -2.41. The van der Waals surface area contributed by atoms with Gasteiger partial charge >= 0.3 is 0 Å². The molecule has 32 heavy (non-hydrogen) atoms. The van der Waals surface area contributed by atoms with E-state index in [1.54, 1.807) is 6.20 Å². The van der Waals surface area contributed by atoms with Gasteiger partial charge in [0.2, 0.25) is 5.95 Å². The summed E-state index contributed by atoms with van der Waals surface area (Å²) in [5.74, 6) is 0.795. The third-order valence-electron chi connectivity index (χ3n) is 5.76. The van der Waals surface area contributed by atoms with E-state index in [2.05, 4.69) is 73.9 Å². The maximum atomic E-state index is 6.13. The van der Waals surface area contributed by atoms with Crippen molar-refractivity contribution in [2.24, 2.45) is 0 Å². The molecule has 0 N–H and O–H groups in total. The minimum atomic E-state index is 0.140. The second-order valence-corrected chi connectivity index (χ2v) is 8.04. The molecule has 1 fully saturated rings. The molecule has 3 heterocycles. The minimum absolute atomic E-state index is 0.140. The van der Waals surface area contributed by atoms with Crippen LogP contribution in [0, 0.1) is 0 Å². The molecule has 1 aliphatic rings. The fourth-order valence-electron chi connectivity index (χ4n) is 4.08. The zero-order valence-electron chi connectivity index (χ0n) is 17.9. The number of tetrazole rings is 1. The molecule has 0 radical (unpaired) electrons. The average Bonchev–Trinajstić information content (AvgIpc) is 3.33. The Morgan fingerprint density at radius 3 is 2.53 bits per heavy atom. The second-order valence-electron chi connectivity index (χ2n) is 8.04. The molecule has 0 saturated carbocycles. The molecule has 1 aliphatic heterocycles. The van der Waals surface area contributed by atoms with Crippen molar-refractivity contribution in [1.29, 1.82) is 0 Å². The molecular weight excluding hydrogens is 400 g/mol. The van der Waals surface area contributed by atoms with E-state index in [9.17, 15) is 0 Å². The number of ether oxygens (including phenoxy) is 1. The van der Waals surface area contributed by atoms with Gasteiger partial charge in [-0.3, -0.25) is 4.98 Å². The molecule has 1 atom stereocenters. The Bertz CT molecular complexity index is 1110. The Hall–Kier alpha value is -3.58. The highest BCUT2D eigenvalue weighted by molar-refractivity contribution is 5.63. The van der Waals surface area contributed by atoms with Crippen molar-refractivity contribution < 1.29 is 4.74 Å². The number of hydrogen-bond donors (Lipinski definition) is 0. The Morgan fingerprint density at radius 2 is 1.72 bits per heavy atom. The molecule has 0 spiro atoms. The van der Waals surface area contributed by atoms with Crippen molar-refractivity contribution in [1.82, 2.24) is 25.2 Å². The van der Waals surface area contributed by atoms with Gasteiger partial charge in [0.1, 0.15) is 0 Å². The number of pyridine rings is 1. The molecular formula is C25H26N6O. The summed E-state index contributed by atoms with van der Waals surface area (Å²) < 4.78 is 8.00. The van der Waals surface area contributed by atoms with Crippen LogP contribution in [0.1, 0.15) is 24.1 Å². The Kier molecular flexibility index (Phi) is 6.16. The summed E-state index contributed by atoms with van der Waals surface area (Å²) in [5, 5.41) is 12.5. The number of rotatable bonds is 7. The molecule has 7 nitrogen and oxygen atoms in total. The summed E-state index contributed by atoms with van der Waals surface area (Å²) in [4.78, 5) is 6.57. The van der Waals surface area contributed by atoms with Gasteiger partial charge in [-0.05, 0) is 52.1 Å². The zero-order valence-corrected chi connectivity index (χ0v) is 17.9. The van der Waals surface area contributed by atoms with Crippen molar-refractivity contribution in [3.8, 4) is 11.1 Å². The second kappa shape index (κ2) is 9.70. The highest BCUT2D eigenvalue weighted by Crippen LogP contribution is 2.22. The first kappa shape index (κ1) is 20.3. The quantitative estimate of drug-likeness (QED) is 0.445. The smallest absolute Gasteiger partial charge is 0.245 e. The summed E-state index contributed by atoms with van der Waals surface area (Å²) in [6.45, 7) is 2.86. The molecule has 0 amide bonds. The van der Waals surface area contributed by atoms with Crippen LogP contribution in [-0.4, -0.2) is 44.4 Å². The summed E-state index contributed by atoms with van der Waals surface area (Å²) >= 11 is 0. The lowest BCUT2D eigenvalue weighted by atomic mass is 10.0. The number of nitrogens with zero attached hydrogens (tertiary/aromatic N) is 6.